The second-order valence-electron chi connectivity index (χ2n) is 16.3. The Morgan fingerprint density at radius 1 is 0.300 bits per heavy atom. The molecule has 0 aromatic rings. The van der Waals surface area contributed by atoms with Gasteiger partial charge >= 0.3 is 0 Å². The van der Waals surface area contributed by atoms with Crippen LogP contribution in [-0.2, 0) is 0 Å². The summed E-state index contributed by atoms with van der Waals surface area (Å²) in [7, 11) is 0. The van der Waals surface area contributed by atoms with Crippen LogP contribution in [0.5, 0.6) is 0 Å². The molecule has 50 heavy (non-hydrogen) atoms. The summed E-state index contributed by atoms with van der Waals surface area (Å²) < 4.78 is 2.67. The number of rotatable bonds is 36. The van der Waals surface area contributed by atoms with Crippen LogP contribution in [0, 0.1) is 0 Å². The van der Waals surface area contributed by atoms with Gasteiger partial charge in [-0.3, -0.25) is 9.80 Å². The van der Waals surface area contributed by atoms with E-state index in [1.165, 1.54) is 255 Å². The van der Waals surface area contributed by atoms with Crippen molar-refractivity contribution in [3.63, 3.8) is 0 Å². The molecule has 0 amide bonds. The molecular formula is C44H94Br2N4. The van der Waals surface area contributed by atoms with Crippen molar-refractivity contribution in [1.29, 1.82) is 0 Å². The zero-order valence-corrected chi connectivity index (χ0v) is 38.6. The molecule has 0 aliphatic carbocycles. The predicted octanol–water partition coefficient (Wildman–Crippen LogP) is 5.73. The van der Waals surface area contributed by atoms with Gasteiger partial charge in [0.1, 0.15) is 0 Å². The second kappa shape index (κ2) is 36.8. The molecule has 1 fully saturated rings. The third-order valence-electron chi connectivity index (χ3n) is 12.9. The minimum atomic E-state index is 0. The lowest BCUT2D eigenvalue weighted by Crippen LogP contribution is -3.00. The van der Waals surface area contributed by atoms with Gasteiger partial charge < -0.3 is 42.9 Å². The molecule has 6 heteroatoms. The Kier molecular flexibility index (Phi) is 38.9. The normalized spacial score (nSPS) is 14.5. The molecule has 1 rings (SSSR count). The van der Waals surface area contributed by atoms with Crippen molar-refractivity contribution >= 4 is 0 Å². The Balaban J connectivity index is 0. The van der Waals surface area contributed by atoms with E-state index in [4.69, 9.17) is 0 Å². The van der Waals surface area contributed by atoms with Crippen LogP contribution in [0.25, 0.3) is 0 Å². The van der Waals surface area contributed by atoms with E-state index in [9.17, 15) is 0 Å². The maximum Gasteiger partial charge on any atom is 0.0915 e. The van der Waals surface area contributed by atoms with Crippen molar-refractivity contribution in [2.24, 2.45) is 0 Å². The Morgan fingerprint density at radius 3 is 0.740 bits per heavy atom. The van der Waals surface area contributed by atoms with Crippen LogP contribution in [0.3, 0.4) is 0 Å². The van der Waals surface area contributed by atoms with E-state index in [1.54, 1.807) is 0 Å². The van der Waals surface area contributed by atoms with Crippen molar-refractivity contribution in [3.8, 4) is 0 Å². The van der Waals surface area contributed by atoms with E-state index in [1.807, 2.05) is 0 Å². The monoisotopic (exact) mass is 837 g/mol. The summed E-state index contributed by atoms with van der Waals surface area (Å²) in [6.07, 6.45) is 34.8. The number of unbranched alkanes of at least 4 members (excludes halogenated alkanes) is 22. The molecule has 1 saturated heterocycles. The standard InChI is InChI=1S/C44H94N4.2BrH/c1-7-13-15-17-19-21-23-25-27-29-31-33-41-47(9-3,10-4)43-39-45-35-37-46(38-36-45)40-44-48(11-5,12-6)42-34-32-30-28-26-24-22-20-18-16-14-8-2;;/h7-44H2,1-6H3;2*1H/q+2;;/p-2. The van der Waals surface area contributed by atoms with Gasteiger partial charge in [0.05, 0.1) is 52.4 Å². The van der Waals surface area contributed by atoms with E-state index < -0.39 is 0 Å². The highest BCUT2D eigenvalue weighted by Gasteiger charge is 2.27. The highest BCUT2D eigenvalue weighted by molar-refractivity contribution is 4.72. The van der Waals surface area contributed by atoms with Gasteiger partial charge in [0.15, 0.2) is 0 Å². The van der Waals surface area contributed by atoms with E-state index >= 15 is 0 Å². The predicted molar refractivity (Wildman–Crippen MR) is 217 cm³/mol. The Morgan fingerprint density at radius 2 is 0.520 bits per heavy atom. The van der Waals surface area contributed by atoms with Crippen molar-refractivity contribution in [1.82, 2.24) is 9.80 Å². The second-order valence-corrected chi connectivity index (χ2v) is 16.3. The molecular weight excluding hydrogens is 744 g/mol. The number of nitrogens with zero attached hydrogens (tertiary/aromatic N) is 4. The highest BCUT2D eigenvalue weighted by Crippen LogP contribution is 2.17. The average Bonchev–Trinajstić information content (AvgIpc) is 3.12. The summed E-state index contributed by atoms with van der Waals surface area (Å²) in [5.74, 6) is 0. The first-order valence-corrected chi connectivity index (χ1v) is 22.7. The fraction of sp³-hybridized carbons (Fsp3) is 1.00. The maximum atomic E-state index is 2.80. The minimum absolute atomic E-state index is 0. The Hall–Kier alpha value is 0.800. The molecule has 0 bridgehead atoms. The van der Waals surface area contributed by atoms with E-state index in [0.29, 0.717) is 0 Å². The molecule has 1 heterocycles. The lowest BCUT2D eigenvalue weighted by molar-refractivity contribution is -0.924. The molecule has 0 radical (unpaired) electrons. The van der Waals surface area contributed by atoms with E-state index in [-0.39, 0.29) is 34.0 Å². The molecule has 304 valence electrons. The molecule has 0 aromatic heterocycles. The van der Waals surface area contributed by atoms with Crippen LogP contribution in [0.4, 0.5) is 0 Å². The van der Waals surface area contributed by atoms with Gasteiger partial charge in [0, 0.05) is 39.3 Å². The molecule has 0 aromatic carbocycles. The van der Waals surface area contributed by atoms with Crippen LogP contribution in [0.1, 0.15) is 196 Å². The molecule has 4 nitrogen and oxygen atoms in total. The van der Waals surface area contributed by atoms with Crippen LogP contribution < -0.4 is 34.0 Å². The van der Waals surface area contributed by atoms with Crippen LogP contribution in [0.2, 0.25) is 0 Å². The topological polar surface area (TPSA) is 6.48 Å². The molecule has 0 N–H and O–H groups in total. The smallest absolute Gasteiger partial charge is 0.0915 e. The Labute approximate surface area is 338 Å². The molecule has 1 aliphatic rings. The van der Waals surface area contributed by atoms with Crippen LogP contribution >= 0.6 is 0 Å². The molecule has 0 unspecified atom stereocenters. The number of hydrogen-bond acceptors (Lipinski definition) is 2. The average molecular weight is 839 g/mol. The Bertz CT molecular complexity index is 606. The third kappa shape index (κ3) is 26.6. The van der Waals surface area contributed by atoms with Crippen molar-refractivity contribution < 1.29 is 42.9 Å². The van der Waals surface area contributed by atoms with Crippen molar-refractivity contribution in [3.05, 3.63) is 0 Å². The molecule has 1 aliphatic heterocycles. The first kappa shape index (κ1) is 52.9. The molecule has 0 atom stereocenters. The fourth-order valence-corrected chi connectivity index (χ4v) is 8.46. The summed E-state index contributed by atoms with van der Waals surface area (Å²) in [5.41, 5.74) is 0. The number of likely N-dealkylation sites (N-methyl/N-ethyl adjacent to an activating group) is 2. The highest BCUT2D eigenvalue weighted by atomic mass is 79.9. The summed E-state index contributed by atoms with van der Waals surface area (Å²) >= 11 is 0. The number of halogens is 2. The first-order chi connectivity index (χ1) is 23.5. The summed E-state index contributed by atoms with van der Waals surface area (Å²) in [6, 6.07) is 0. The number of piperazine rings is 1. The fourth-order valence-electron chi connectivity index (χ4n) is 8.46. The van der Waals surface area contributed by atoms with Gasteiger partial charge in [-0.1, -0.05) is 142 Å². The van der Waals surface area contributed by atoms with Crippen molar-refractivity contribution in [2.45, 2.75) is 196 Å². The first-order valence-electron chi connectivity index (χ1n) is 22.7. The van der Waals surface area contributed by atoms with Gasteiger partial charge in [0.25, 0.3) is 0 Å². The third-order valence-corrected chi connectivity index (χ3v) is 12.9. The number of hydrogen-bond donors (Lipinski definition) is 0. The SMILES string of the molecule is CCCCCCCCCCCCCC[N+](CC)(CC)CCN1CCN(CC[N+](CC)(CC)CCCCCCCCCCCCCC)CC1.[Br-].[Br-]. The van der Waals surface area contributed by atoms with Gasteiger partial charge in [-0.15, -0.1) is 0 Å². The molecule has 0 spiro atoms. The van der Waals surface area contributed by atoms with Crippen LogP contribution in [-0.4, -0.2) is 110 Å². The zero-order valence-electron chi connectivity index (χ0n) is 35.4. The number of quaternary nitrogens is 2. The lowest BCUT2D eigenvalue weighted by atomic mass is 10.0. The quantitative estimate of drug-likeness (QED) is 0.0589. The largest absolute Gasteiger partial charge is 1.00 e. The van der Waals surface area contributed by atoms with Crippen molar-refractivity contribution in [2.75, 3.05) is 91.6 Å². The van der Waals surface area contributed by atoms with Gasteiger partial charge in [-0.05, 0) is 53.4 Å². The van der Waals surface area contributed by atoms with Gasteiger partial charge in [0.2, 0.25) is 0 Å². The van der Waals surface area contributed by atoms with Gasteiger partial charge in [-0.2, -0.15) is 0 Å². The maximum absolute atomic E-state index is 2.80. The lowest BCUT2D eigenvalue weighted by Gasteiger charge is -2.42. The van der Waals surface area contributed by atoms with Gasteiger partial charge in [-0.25, -0.2) is 0 Å². The summed E-state index contributed by atoms with van der Waals surface area (Å²) in [4.78, 5) is 5.59. The van der Waals surface area contributed by atoms with E-state index in [0.717, 1.165) is 0 Å². The molecule has 0 saturated carbocycles. The summed E-state index contributed by atoms with van der Waals surface area (Å²) in [5, 5.41) is 0. The minimum Gasteiger partial charge on any atom is -1.00 e. The van der Waals surface area contributed by atoms with E-state index in [2.05, 4.69) is 51.3 Å². The summed E-state index contributed by atoms with van der Waals surface area (Å²) in [6.45, 7) is 32.9. The zero-order chi connectivity index (χ0) is 35.0. The van der Waals surface area contributed by atoms with Crippen LogP contribution in [0.15, 0.2) is 0 Å².